The van der Waals surface area contributed by atoms with Crippen LogP contribution in [0, 0.1) is 0 Å². The molecule has 0 aromatic heterocycles. The predicted molar refractivity (Wildman–Crippen MR) is 91.9 cm³/mol. The Morgan fingerprint density at radius 3 is 2.86 bits per heavy atom. The molecule has 0 saturated carbocycles. The van der Waals surface area contributed by atoms with E-state index in [1.165, 1.54) is 38.0 Å². The summed E-state index contributed by atoms with van der Waals surface area (Å²) in [5, 5.41) is 3.45. The first-order chi connectivity index (χ1) is 10.3. The van der Waals surface area contributed by atoms with Gasteiger partial charge < -0.3 is 15.0 Å². The predicted octanol–water partition coefficient (Wildman–Crippen LogP) is 3.81. The van der Waals surface area contributed by atoms with Gasteiger partial charge in [0.15, 0.2) is 0 Å². The quantitative estimate of drug-likeness (QED) is 0.682. The minimum Gasteiger partial charge on any atom is -0.493 e. The third-order valence-electron chi connectivity index (χ3n) is 3.84. The summed E-state index contributed by atoms with van der Waals surface area (Å²) in [6.07, 6.45) is 4.99. The van der Waals surface area contributed by atoms with E-state index in [1.54, 1.807) is 0 Å². The Balaban J connectivity index is 1.77. The van der Waals surface area contributed by atoms with Crippen LogP contribution in [0.25, 0.3) is 0 Å². The van der Waals surface area contributed by atoms with Gasteiger partial charge in [0.1, 0.15) is 5.75 Å². The number of likely N-dealkylation sites (tertiary alicyclic amines) is 1. The lowest BCUT2D eigenvalue weighted by Crippen LogP contribution is -2.22. The zero-order chi connectivity index (χ0) is 14.9. The van der Waals surface area contributed by atoms with Gasteiger partial charge in [-0.25, -0.2) is 0 Å². The molecule has 1 fully saturated rings. The van der Waals surface area contributed by atoms with Crippen LogP contribution in [0.2, 0.25) is 0 Å². The molecule has 3 nitrogen and oxygen atoms in total. The highest BCUT2D eigenvalue weighted by Gasteiger charge is 2.10. The smallest absolute Gasteiger partial charge is 0.123 e. The lowest BCUT2D eigenvalue weighted by atomic mass is 10.2. The van der Waals surface area contributed by atoms with Crippen molar-refractivity contribution in [1.29, 1.82) is 0 Å². The van der Waals surface area contributed by atoms with E-state index in [2.05, 4.69) is 51.3 Å². The number of rotatable bonds is 9. The molecule has 0 spiro atoms. The molecule has 1 aromatic carbocycles. The van der Waals surface area contributed by atoms with Crippen LogP contribution in [0.15, 0.2) is 22.7 Å². The van der Waals surface area contributed by atoms with E-state index in [0.717, 1.165) is 42.8 Å². The normalized spacial score (nSPS) is 15.5. The van der Waals surface area contributed by atoms with Crippen molar-refractivity contribution in [3.63, 3.8) is 0 Å². The number of hydrogen-bond acceptors (Lipinski definition) is 3. The van der Waals surface area contributed by atoms with Crippen LogP contribution in [0.1, 0.15) is 38.2 Å². The van der Waals surface area contributed by atoms with Crippen molar-refractivity contribution >= 4 is 15.9 Å². The zero-order valence-corrected chi connectivity index (χ0v) is 14.6. The molecule has 1 aromatic rings. The van der Waals surface area contributed by atoms with Crippen LogP contribution in [-0.4, -0.2) is 37.7 Å². The Labute approximate surface area is 137 Å². The number of benzene rings is 1. The lowest BCUT2D eigenvalue weighted by molar-refractivity contribution is 0.261. The summed E-state index contributed by atoms with van der Waals surface area (Å²) in [6, 6.07) is 6.28. The first kappa shape index (κ1) is 16.8. The largest absolute Gasteiger partial charge is 0.493 e. The maximum atomic E-state index is 6.00. The van der Waals surface area contributed by atoms with Crippen LogP contribution < -0.4 is 10.1 Å². The van der Waals surface area contributed by atoms with Crippen molar-refractivity contribution in [2.75, 3.05) is 32.8 Å². The molecular weight excluding hydrogens is 328 g/mol. The van der Waals surface area contributed by atoms with E-state index in [1.807, 2.05) is 0 Å². The van der Waals surface area contributed by atoms with Gasteiger partial charge in [-0.15, -0.1) is 0 Å². The topological polar surface area (TPSA) is 24.5 Å². The molecule has 1 saturated heterocycles. The second kappa shape index (κ2) is 9.44. The third kappa shape index (κ3) is 5.97. The van der Waals surface area contributed by atoms with Crippen LogP contribution in [0.3, 0.4) is 0 Å². The molecule has 4 heteroatoms. The maximum absolute atomic E-state index is 6.00. The van der Waals surface area contributed by atoms with Gasteiger partial charge in [0.2, 0.25) is 0 Å². The fourth-order valence-electron chi connectivity index (χ4n) is 2.70. The third-order valence-corrected chi connectivity index (χ3v) is 4.33. The van der Waals surface area contributed by atoms with Gasteiger partial charge in [0.25, 0.3) is 0 Å². The monoisotopic (exact) mass is 354 g/mol. The van der Waals surface area contributed by atoms with E-state index < -0.39 is 0 Å². The first-order valence-corrected chi connectivity index (χ1v) is 8.93. The number of halogens is 1. The SMILES string of the molecule is CCCNCc1cc(Br)ccc1OCCCN1CCCC1. The van der Waals surface area contributed by atoms with Gasteiger partial charge in [-0.2, -0.15) is 0 Å². The van der Waals surface area contributed by atoms with Crippen molar-refractivity contribution in [2.24, 2.45) is 0 Å². The van der Waals surface area contributed by atoms with Gasteiger partial charge in [0, 0.05) is 23.1 Å². The maximum Gasteiger partial charge on any atom is 0.123 e. The molecular formula is C17H27BrN2O. The average Bonchev–Trinajstić information content (AvgIpc) is 2.99. The Hall–Kier alpha value is -0.580. The minimum atomic E-state index is 0.804. The minimum absolute atomic E-state index is 0.804. The Bertz CT molecular complexity index is 419. The zero-order valence-electron chi connectivity index (χ0n) is 13.0. The second-order valence-electron chi connectivity index (χ2n) is 5.68. The molecule has 0 atom stereocenters. The fourth-order valence-corrected chi connectivity index (χ4v) is 3.11. The molecule has 1 aliphatic heterocycles. The molecule has 1 aliphatic rings. The fraction of sp³-hybridized carbons (Fsp3) is 0.647. The van der Waals surface area contributed by atoms with E-state index in [0.29, 0.717) is 0 Å². The van der Waals surface area contributed by atoms with E-state index in [4.69, 9.17) is 4.74 Å². The highest BCUT2D eigenvalue weighted by atomic mass is 79.9. The van der Waals surface area contributed by atoms with Gasteiger partial charge in [-0.05, 0) is 63.5 Å². The van der Waals surface area contributed by atoms with Crippen molar-refractivity contribution in [3.8, 4) is 5.75 Å². The van der Waals surface area contributed by atoms with Crippen molar-refractivity contribution in [3.05, 3.63) is 28.2 Å². The standard InChI is InChI=1S/C17H27BrN2O/c1-2-8-19-14-15-13-16(18)6-7-17(15)21-12-5-11-20-9-3-4-10-20/h6-7,13,19H,2-5,8-12,14H2,1H3. The van der Waals surface area contributed by atoms with E-state index in [-0.39, 0.29) is 0 Å². The van der Waals surface area contributed by atoms with E-state index in [9.17, 15) is 0 Å². The molecule has 1 N–H and O–H groups in total. The molecule has 0 amide bonds. The van der Waals surface area contributed by atoms with Crippen LogP contribution in [0.4, 0.5) is 0 Å². The highest BCUT2D eigenvalue weighted by Crippen LogP contribution is 2.23. The van der Waals surface area contributed by atoms with Gasteiger partial charge in [0.05, 0.1) is 6.61 Å². The van der Waals surface area contributed by atoms with Crippen LogP contribution >= 0.6 is 15.9 Å². The summed E-state index contributed by atoms with van der Waals surface area (Å²) in [5.74, 6) is 1.02. The summed E-state index contributed by atoms with van der Waals surface area (Å²) in [7, 11) is 0. The molecule has 2 rings (SSSR count). The Morgan fingerprint density at radius 1 is 1.29 bits per heavy atom. The summed E-state index contributed by atoms with van der Waals surface area (Å²) in [4.78, 5) is 2.54. The average molecular weight is 355 g/mol. The molecule has 21 heavy (non-hydrogen) atoms. The van der Waals surface area contributed by atoms with Gasteiger partial charge in [-0.1, -0.05) is 22.9 Å². The van der Waals surface area contributed by atoms with Gasteiger partial charge in [-0.3, -0.25) is 0 Å². The molecule has 0 bridgehead atoms. The van der Waals surface area contributed by atoms with E-state index >= 15 is 0 Å². The number of hydrogen-bond donors (Lipinski definition) is 1. The van der Waals surface area contributed by atoms with Crippen LogP contribution in [-0.2, 0) is 6.54 Å². The second-order valence-corrected chi connectivity index (χ2v) is 6.60. The molecule has 1 heterocycles. The summed E-state index contributed by atoms with van der Waals surface area (Å²) >= 11 is 3.54. The van der Waals surface area contributed by atoms with Crippen molar-refractivity contribution < 1.29 is 4.74 Å². The molecule has 0 radical (unpaired) electrons. The summed E-state index contributed by atoms with van der Waals surface area (Å²) in [5.41, 5.74) is 1.24. The van der Waals surface area contributed by atoms with Crippen molar-refractivity contribution in [2.45, 2.75) is 39.2 Å². The van der Waals surface area contributed by atoms with Crippen LogP contribution in [0.5, 0.6) is 5.75 Å². The Kier molecular flexibility index (Phi) is 7.54. The lowest BCUT2D eigenvalue weighted by Gasteiger charge is -2.16. The first-order valence-electron chi connectivity index (χ1n) is 8.14. The summed E-state index contributed by atoms with van der Waals surface area (Å²) < 4.78 is 7.11. The molecule has 0 aliphatic carbocycles. The molecule has 0 unspecified atom stereocenters. The molecule has 118 valence electrons. The summed E-state index contributed by atoms with van der Waals surface area (Å²) in [6.45, 7) is 8.60. The number of ether oxygens (including phenoxy) is 1. The number of nitrogens with one attached hydrogen (secondary N) is 1. The van der Waals surface area contributed by atoms with Gasteiger partial charge >= 0.3 is 0 Å². The Morgan fingerprint density at radius 2 is 2.10 bits per heavy atom. The van der Waals surface area contributed by atoms with Crippen molar-refractivity contribution in [1.82, 2.24) is 10.2 Å². The highest BCUT2D eigenvalue weighted by molar-refractivity contribution is 9.10. The number of nitrogens with zero attached hydrogens (tertiary/aromatic N) is 1.